The van der Waals surface area contributed by atoms with Gasteiger partial charge in [-0.3, -0.25) is 9.69 Å². The van der Waals surface area contributed by atoms with Crippen molar-refractivity contribution in [3.63, 3.8) is 0 Å². The molecule has 1 unspecified atom stereocenters. The second kappa shape index (κ2) is 11.0. The summed E-state index contributed by atoms with van der Waals surface area (Å²) in [5, 5.41) is 0. The Bertz CT molecular complexity index is 1010. The van der Waals surface area contributed by atoms with Crippen molar-refractivity contribution >= 4 is 15.9 Å². The molecule has 32 heavy (non-hydrogen) atoms. The zero-order chi connectivity index (χ0) is 23.1. The average molecular weight is 462 g/mol. The SMILES string of the molecule is CCN(Cc1cccc(F)c1)C(=O)CN1CCCC(CNS(=O)(=O)c2ccc(C)cc2)C1. The third kappa shape index (κ3) is 6.85. The highest BCUT2D eigenvalue weighted by Gasteiger charge is 2.25. The van der Waals surface area contributed by atoms with Gasteiger partial charge < -0.3 is 4.90 Å². The second-order valence-electron chi connectivity index (χ2n) is 8.45. The minimum absolute atomic E-state index is 0.00218. The van der Waals surface area contributed by atoms with Gasteiger partial charge in [0, 0.05) is 26.2 Å². The maximum absolute atomic E-state index is 13.5. The molecule has 2 aromatic carbocycles. The summed E-state index contributed by atoms with van der Waals surface area (Å²) in [5.74, 6) is -0.161. The van der Waals surface area contributed by atoms with Gasteiger partial charge in [0.15, 0.2) is 0 Å². The highest BCUT2D eigenvalue weighted by atomic mass is 32.2. The van der Waals surface area contributed by atoms with E-state index in [9.17, 15) is 17.6 Å². The molecule has 174 valence electrons. The number of benzene rings is 2. The summed E-state index contributed by atoms with van der Waals surface area (Å²) in [7, 11) is -3.55. The van der Waals surface area contributed by atoms with Crippen molar-refractivity contribution in [3.8, 4) is 0 Å². The molecule has 6 nitrogen and oxygen atoms in total. The molecule has 1 fully saturated rings. The predicted octanol–water partition coefficient (Wildman–Crippen LogP) is 3.17. The van der Waals surface area contributed by atoms with Crippen LogP contribution in [0, 0.1) is 18.7 Å². The Kier molecular flexibility index (Phi) is 8.39. The van der Waals surface area contributed by atoms with Gasteiger partial charge >= 0.3 is 0 Å². The molecule has 1 N–H and O–H groups in total. The highest BCUT2D eigenvalue weighted by molar-refractivity contribution is 7.89. The first-order valence-electron chi connectivity index (χ1n) is 11.1. The highest BCUT2D eigenvalue weighted by Crippen LogP contribution is 2.18. The van der Waals surface area contributed by atoms with E-state index in [0.717, 1.165) is 30.5 Å². The van der Waals surface area contributed by atoms with Crippen LogP contribution in [0.5, 0.6) is 0 Å². The lowest BCUT2D eigenvalue weighted by molar-refractivity contribution is -0.133. The van der Waals surface area contributed by atoms with Crippen molar-refractivity contribution in [2.75, 3.05) is 32.7 Å². The summed E-state index contributed by atoms with van der Waals surface area (Å²) >= 11 is 0. The maximum atomic E-state index is 13.5. The molecule has 8 heteroatoms. The molecule has 1 heterocycles. The normalized spacial score (nSPS) is 17.3. The van der Waals surface area contributed by atoms with Crippen LogP contribution in [-0.2, 0) is 21.4 Å². The van der Waals surface area contributed by atoms with Crippen LogP contribution in [0.3, 0.4) is 0 Å². The first-order chi connectivity index (χ1) is 15.3. The minimum Gasteiger partial charge on any atom is -0.338 e. The average Bonchev–Trinajstić information content (AvgIpc) is 2.77. The molecular formula is C24H32FN3O3S. The second-order valence-corrected chi connectivity index (χ2v) is 10.2. The lowest BCUT2D eigenvalue weighted by atomic mass is 9.98. The summed E-state index contributed by atoms with van der Waals surface area (Å²) in [6, 6.07) is 13.1. The third-order valence-electron chi connectivity index (χ3n) is 5.85. The van der Waals surface area contributed by atoms with Crippen LogP contribution in [0.25, 0.3) is 0 Å². The quantitative estimate of drug-likeness (QED) is 0.623. The third-order valence-corrected chi connectivity index (χ3v) is 7.29. The lowest BCUT2D eigenvalue weighted by Crippen LogP contribution is -2.46. The number of likely N-dealkylation sites (tertiary alicyclic amines) is 1. The molecule has 1 atom stereocenters. The van der Waals surface area contributed by atoms with Crippen molar-refractivity contribution in [2.45, 2.75) is 38.1 Å². The van der Waals surface area contributed by atoms with Crippen molar-refractivity contribution in [1.82, 2.24) is 14.5 Å². The molecular weight excluding hydrogens is 429 g/mol. The number of amides is 1. The van der Waals surface area contributed by atoms with Crippen LogP contribution in [0.4, 0.5) is 4.39 Å². The van der Waals surface area contributed by atoms with E-state index in [1.165, 1.54) is 12.1 Å². The van der Waals surface area contributed by atoms with Crippen molar-refractivity contribution in [2.24, 2.45) is 5.92 Å². The molecule has 0 aliphatic carbocycles. The minimum atomic E-state index is -3.55. The summed E-state index contributed by atoms with van der Waals surface area (Å²) < 4.78 is 41.3. The topological polar surface area (TPSA) is 69.7 Å². The van der Waals surface area contributed by atoms with E-state index in [2.05, 4.69) is 9.62 Å². The number of likely N-dealkylation sites (N-methyl/N-ethyl adjacent to an activating group) is 1. The van der Waals surface area contributed by atoms with Gasteiger partial charge in [-0.15, -0.1) is 0 Å². The summed E-state index contributed by atoms with van der Waals surface area (Å²) in [6.07, 6.45) is 1.84. The number of sulfonamides is 1. The fourth-order valence-corrected chi connectivity index (χ4v) is 5.13. The largest absolute Gasteiger partial charge is 0.338 e. The standard InChI is InChI=1S/C24H32FN3O3S/c1-3-28(17-20-6-4-8-22(25)14-20)24(29)18-27-13-5-7-21(16-27)15-26-32(30,31)23-11-9-19(2)10-12-23/h4,6,8-12,14,21,26H,3,5,7,13,15-18H2,1-2H3. The molecule has 0 aromatic heterocycles. The van der Waals surface area contributed by atoms with Crippen LogP contribution in [0.2, 0.25) is 0 Å². The Morgan fingerprint density at radius 1 is 1.22 bits per heavy atom. The summed E-state index contributed by atoms with van der Waals surface area (Å²) in [4.78, 5) is 16.9. The Hall–Kier alpha value is -2.29. The summed E-state index contributed by atoms with van der Waals surface area (Å²) in [5.41, 5.74) is 1.78. The Labute approximate surface area is 190 Å². The van der Waals surface area contributed by atoms with Gasteiger partial charge in [0.25, 0.3) is 0 Å². The van der Waals surface area contributed by atoms with Gasteiger partial charge in [-0.2, -0.15) is 0 Å². The summed E-state index contributed by atoms with van der Waals surface area (Å²) in [6.45, 7) is 6.86. The van der Waals surface area contributed by atoms with Crippen molar-refractivity contribution in [3.05, 3.63) is 65.5 Å². The van der Waals surface area contributed by atoms with E-state index < -0.39 is 10.0 Å². The van der Waals surface area contributed by atoms with Crippen molar-refractivity contribution in [1.29, 1.82) is 0 Å². The molecule has 0 spiro atoms. The fourth-order valence-electron chi connectivity index (χ4n) is 4.01. The molecule has 0 saturated carbocycles. The molecule has 0 radical (unpaired) electrons. The molecule has 1 aliphatic rings. The van der Waals surface area contributed by atoms with E-state index in [1.807, 2.05) is 19.9 Å². The number of hydrogen-bond donors (Lipinski definition) is 1. The van der Waals surface area contributed by atoms with Gasteiger partial charge in [-0.1, -0.05) is 29.8 Å². The number of nitrogens with one attached hydrogen (secondary N) is 1. The van der Waals surface area contributed by atoms with Crippen LogP contribution < -0.4 is 4.72 Å². The number of nitrogens with zero attached hydrogens (tertiary/aromatic N) is 2. The van der Waals surface area contributed by atoms with E-state index in [-0.39, 0.29) is 29.1 Å². The van der Waals surface area contributed by atoms with Crippen LogP contribution in [0.1, 0.15) is 30.9 Å². The van der Waals surface area contributed by atoms with E-state index >= 15 is 0 Å². The van der Waals surface area contributed by atoms with Gasteiger partial charge in [-0.25, -0.2) is 17.5 Å². The number of halogens is 1. The lowest BCUT2D eigenvalue weighted by Gasteiger charge is -2.33. The monoisotopic (exact) mass is 461 g/mol. The maximum Gasteiger partial charge on any atom is 0.240 e. The molecule has 0 bridgehead atoms. The van der Waals surface area contributed by atoms with Gasteiger partial charge in [0.1, 0.15) is 5.82 Å². The van der Waals surface area contributed by atoms with Gasteiger partial charge in [-0.05, 0) is 69.0 Å². The van der Waals surface area contributed by atoms with Crippen molar-refractivity contribution < 1.29 is 17.6 Å². The van der Waals surface area contributed by atoms with E-state index in [4.69, 9.17) is 0 Å². The molecule has 2 aromatic rings. The zero-order valence-electron chi connectivity index (χ0n) is 18.8. The number of hydrogen-bond acceptors (Lipinski definition) is 4. The van der Waals surface area contributed by atoms with Gasteiger partial charge in [0.05, 0.1) is 11.4 Å². The molecule has 1 aliphatic heterocycles. The first-order valence-corrected chi connectivity index (χ1v) is 12.6. The fraction of sp³-hybridized carbons (Fsp3) is 0.458. The van der Waals surface area contributed by atoms with Gasteiger partial charge in [0.2, 0.25) is 15.9 Å². The zero-order valence-corrected chi connectivity index (χ0v) is 19.6. The molecule has 3 rings (SSSR count). The van der Waals surface area contributed by atoms with E-state index in [1.54, 1.807) is 35.2 Å². The Morgan fingerprint density at radius 3 is 2.66 bits per heavy atom. The number of aryl methyl sites for hydroxylation is 1. The predicted molar refractivity (Wildman–Crippen MR) is 123 cm³/mol. The molecule has 1 saturated heterocycles. The molecule has 1 amide bonds. The number of carbonyl (C=O) groups excluding carboxylic acids is 1. The van der Waals surface area contributed by atoms with Crippen LogP contribution >= 0.6 is 0 Å². The number of carbonyl (C=O) groups is 1. The van der Waals surface area contributed by atoms with E-state index in [0.29, 0.717) is 26.2 Å². The van der Waals surface area contributed by atoms with Crippen LogP contribution in [0.15, 0.2) is 53.4 Å². The Balaban J connectivity index is 1.52. The Morgan fingerprint density at radius 2 is 1.97 bits per heavy atom. The smallest absolute Gasteiger partial charge is 0.240 e. The number of piperidine rings is 1. The van der Waals surface area contributed by atoms with Crippen LogP contribution in [-0.4, -0.2) is 56.8 Å². The first kappa shape index (κ1) is 24.4. The number of rotatable bonds is 9.